The van der Waals surface area contributed by atoms with Crippen LogP contribution < -0.4 is 10.2 Å². The molecule has 0 spiro atoms. The SMILES string of the molecule is CC1CNC(CCN(c2ccccc2)C2Cc3ccccc3C2)C1. The van der Waals surface area contributed by atoms with E-state index in [2.05, 4.69) is 71.7 Å². The molecule has 1 heterocycles. The molecule has 1 fully saturated rings. The maximum atomic E-state index is 3.69. The molecule has 24 heavy (non-hydrogen) atoms. The number of para-hydroxylation sites is 1. The first-order valence-corrected chi connectivity index (χ1v) is 9.41. The van der Waals surface area contributed by atoms with Gasteiger partial charge in [0.1, 0.15) is 0 Å². The van der Waals surface area contributed by atoms with E-state index in [4.69, 9.17) is 0 Å². The zero-order valence-electron chi connectivity index (χ0n) is 14.6. The predicted octanol–water partition coefficient (Wildman–Crippen LogP) is 4.05. The third-order valence-corrected chi connectivity index (χ3v) is 5.72. The number of fused-ring (bicyclic) bond motifs is 1. The molecule has 0 radical (unpaired) electrons. The Bertz CT molecular complexity index is 642. The van der Waals surface area contributed by atoms with Crippen LogP contribution in [0.1, 0.15) is 30.9 Å². The number of rotatable bonds is 5. The van der Waals surface area contributed by atoms with Crippen molar-refractivity contribution in [1.29, 1.82) is 0 Å². The molecule has 4 rings (SSSR count). The molecule has 2 heteroatoms. The van der Waals surface area contributed by atoms with Gasteiger partial charge in [0.2, 0.25) is 0 Å². The minimum atomic E-state index is 0.601. The number of hydrogen-bond acceptors (Lipinski definition) is 2. The molecule has 1 saturated heterocycles. The number of nitrogens with one attached hydrogen (secondary N) is 1. The van der Waals surface area contributed by atoms with Crippen molar-refractivity contribution in [1.82, 2.24) is 5.32 Å². The van der Waals surface area contributed by atoms with Crippen LogP contribution in [0.3, 0.4) is 0 Å². The van der Waals surface area contributed by atoms with E-state index in [1.54, 1.807) is 0 Å². The predicted molar refractivity (Wildman–Crippen MR) is 102 cm³/mol. The zero-order valence-corrected chi connectivity index (χ0v) is 14.6. The van der Waals surface area contributed by atoms with E-state index in [-0.39, 0.29) is 0 Å². The number of anilines is 1. The Labute approximate surface area is 145 Å². The summed E-state index contributed by atoms with van der Waals surface area (Å²) in [6.07, 6.45) is 4.93. The fourth-order valence-electron chi connectivity index (χ4n) is 4.43. The smallest absolute Gasteiger partial charge is 0.0370 e. The van der Waals surface area contributed by atoms with E-state index in [9.17, 15) is 0 Å². The Kier molecular flexibility index (Phi) is 4.57. The average molecular weight is 320 g/mol. The summed E-state index contributed by atoms with van der Waals surface area (Å²) in [5, 5.41) is 3.69. The Morgan fingerprint density at radius 1 is 0.958 bits per heavy atom. The minimum absolute atomic E-state index is 0.601. The highest BCUT2D eigenvalue weighted by Crippen LogP contribution is 2.29. The molecule has 2 aromatic rings. The van der Waals surface area contributed by atoms with Crippen molar-refractivity contribution >= 4 is 5.69 Å². The van der Waals surface area contributed by atoms with Crippen LogP contribution in [0.2, 0.25) is 0 Å². The van der Waals surface area contributed by atoms with Gasteiger partial charge in [0.15, 0.2) is 0 Å². The summed E-state index contributed by atoms with van der Waals surface area (Å²) in [6, 6.07) is 21.2. The highest BCUT2D eigenvalue weighted by molar-refractivity contribution is 5.49. The third-order valence-electron chi connectivity index (χ3n) is 5.72. The quantitative estimate of drug-likeness (QED) is 0.894. The van der Waals surface area contributed by atoms with Crippen LogP contribution in [-0.4, -0.2) is 25.2 Å². The van der Waals surface area contributed by atoms with Crippen LogP contribution in [0.15, 0.2) is 54.6 Å². The van der Waals surface area contributed by atoms with Crippen molar-refractivity contribution in [2.45, 2.75) is 44.7 Å². The van der Waals surface area contributed by atoms with E-state index < -0.39 is 0 Å². The van der Waals surface area contributed by atoms with E-state index in [0.29, 0.717) is 12.1 Å². The van der Waals surface area contributed by atoms with Gasteiger partial charge in [0.05, 0.1) is 0 Å². The number of benzene rings is 2. The van der Waals surface area contributed by atoms with Gasteiger partial charge in [-0.2, -0.15) is 0 Å². The monoisotopic (exact) mass is 320 g/mol. The lowest BCUT2D eigenvalue weighted by molar-refractivity contribution is 0.513. The summed E-state index contributed by atoms with van der Waals surface area (Å²) >= 11 is 0. The third kappa shape index (κ3) is 3.34. The summed E-state index contributed by atoms with van der Waals surface area (Å²) in [5.74, 6) is 0.830. The largest absolute Gasteiger partial charge is 0.368 e. The van der Waals surface area contributed by atoms with Crippen molar-refractivity contribution in [2.75, 3.05) is 18.0 Å². The lowest BCUT2D eigenvalue weighted by Gasteiger charge is -2.32. The van der Waals surface area contributed by atoms with Crippen LogP contribution in [-0.2, 0) is 12.8 Å². The van der Waals surface area contributed by atoms with Crippen molar-refractivity contribution in [3.05, 3.63) is 65.7 Å². The van der Waals surface area contributed by atoms with Gasteiger partial charge >= 0.3 is 0 Å². The Morgan fingerprint density at radius 2 is 1.62 bits per heavy atom. The van der Waals surface area contributed by atoms with Crippen LogP contribution in [0, 0.1) is 5.92 Å². The topological polar surface area (TPSA) is 15.3 Å². The molecular weight excluding hydrogens is 292 g/mol. The van der Waals surface area contributed by atoms with Gasteiger partial charge in [-0.25, -0.2) is 0 Å². The van der Waals surface area contributed by atoms with Gasteiger partial charge in [0, 0.05) is 24.3 Å². The molecule has 126 valence electrons. The van der Waals surface area contributed by atoms with E-state index in [1.807, 2.05) is 0 Å². The Morgan fingerprint density at radius 3 is 2.25 bits per heavy atom. The lowest BCUT2D eigenvalue weighted by atomic mass is 10.0. The highest BCUT2D eigenvalue weighted by Gasteiger charge is 2.28. The first-order chi connectivity index (χ1) is 11.8. The molecule has 1 aliphatic carbocycles. The molecule has 2 nitrogen and oxygen atoms in total. The summed E-state index contributed by atoms with van der Waals surface area (Å²) in [4.78, 5) is 2.66. The molecule has 0 amide bonds. The fraction of sp³-hybridized carbons (Fsp3) is 0.455. The lowest BCUT2D eigenvalue weighted by Crippen LogP contribution is -2.39. The van der Waals surface area contributed by atoms with Gasteiger partial charge in [-0.05, 0) is 61.4 Å². The number of hydrogen-bond donors (Lipinski definition) is 1. The first kappa shape index (κ1) is 15.7. The van der Waals surface area contributed by atoms with Gasteiger partial charge in [0.25, 0.3) is 0 Å². The van der Waals surface area contributed by atoms with Crippen LogP contribution in [0.5, 0.6) is 0 Å². The van der Waals surface area contributed by atoms with Crippen molar-refractivity contribution < 1.29 is 0 Å². The molecule has 1 aliphatic heterocycles. The standard InChI is InChI=1S/C22H28N2/c1-17-13-20(23-16-17)11-12-24(21-9-3-2-4-10-21)22-14-18-7-5-6-8-19(18)15-22/h2-10,17,20,22-23H,11-16H2,1H3. The van der Waals surface area contributed by atoms with Crippen molar-refractivity contribution in [3.8, 4) is 0 Å². The second kappa shape index (κ2) is 6.98. The molecular formula is C22H28N2. The van der Waals surface area contributed by atoms with Gasteiger partial charge in [-0.15, -0.1) is 0 Å². The molecule has 2 atom stereocenters. The molecule has 2 unspecified atom stereocenters. The fourth-order valence-corrected chi connectivity index (χ4v) is 4.43. The van der Waals surface area contributed by atoms with Gasteiger partial charge in [-0.3, -0.25) is 0 Å². The molecule has 0 bridgehead atoms. The molecule has 2 aliphatic rings. The molecule has 0 aromatic heterocycles. The second-order valence-corrected chi connectivity index (χ2v) is 7.59. The zero-order chi connectivity index (χ0) is 16.4. The van der Waals surface area contributed by atoms with E-state index in [0.717, 1.165) is 12.5 Å². The van der Waals surface area contributed by atoms with Gasteiger partial charge in [-0.1, -0.05) is 49.4 Å². The first-order valence-electron chi connectivity index (χ1n) is 9.41. The second-order valence-electron chi connectivity index (χ2n) is 7.59. The Hall–Kier alpha value is -1.80. The van der Waals surface area contributed by atoms with Crippen LogP contribution in [0.4, 0.5) is 5.69 Å². The molecule has 0 saturated carbocycles. The van der Waals surface area contributed by atoms with Crippen molar-refractivity contribution in [2.24, 2.45) is 5.92 Å². The minimum Gasteiger partial charge on any atom is -0.368 e. The van der Waals surface area contributed by atoms with Crippen molar-refractivity contribution in [3.63, 3.8) is 0 Å². The maximum Gasteiger partial charge on any atom is 0.0370 e. The summed E-state index contributed by atoms with van der Waals surface area (Å²) in [7, 11) is 0. The summed E-state index contributed by atoms with van der Waals surface area (Å²) in [5.41, 5.74) is 4.45. The summed E-state index contributed by atoms with van der Waals surface area (Å²) < 4.78 is 0. The molecule has 2 aromatic carbocycles. The average Bonchev–Trinajstić information content (AvgIpc) is 3.22. The highest BCUT2D eigenvalue weighted by atomic mass is 15.2. The number of nitrogens with zero attached hydrogens (tertiary/aromatic N) is 1. The summed E-state index contributed by atoms with van der Waals surface area (Å²) in [6.45, 7) is 4.69. The van der Waals surface area contributed by atoms with E-state index >= 15 is 0 Å². The normalized spacial score (nSPS) is 23.4. The van der Waals surface area contributed by atoms with Crippen LogP contribution in [0.25, 0.3) is 0 Å². The Balaban J connectivity index is 1.49. The maximum absolute atomic E-state index is 3.69. The van der Waals surface area contributed by atoms with Crippen LogP contribution >= 0.6 is 0 Å². The molecule has 1 N–H and O–H groups in total. The van der Waals surface area contributed by atoms with E-state index in [1.165, 1.54) is 49.0 Å². The van der Waals surface area contributed by atoms with Gasteiger partial charge < -0.3 is 10.2 Å².